The Morgan fingerprint density at radius 1 is 0.967 bits per heavy atom. The van der Waals surface area contributed by atoms with E-state index in [9.17, 15) is 19.1 Å². The van der Waals surface area contributed by atoms with Crippen LogP contribution < -0.4 is 9.64 Å². The summed E-state index contributed by atoms with van der Waals surface area (Å²) in [7, 11) is 1.48. The Labute approximate surface area is 172 Å². The second kappa shape index (κ2) is 7.83. The van der Waals surface area contributed by atoms with Crippen molar-refractivity contribution in [3.05, 3.63) is 101 Å². The molecule has 1 fully saturated rings. The SMILES string of the molecule is COc1cccc(N2C(=O)C(=O)/C(=C(/O)c3ccccc3)C2c2ccccc2F)c1. The van der Waals surface area contributed by atoms with Gasteiger partial charge in [-0.2, -0.15) is 0 Å². The molecule has 0 bridgehead atoms. The maximum absolute atomic E-state index is 14.8. The summed E-state index contributed by atoms with van der Waals surface area (Å²) < 4.78 is 20.0. The summed E-state index contributed by atoms with van der Waals surface area (Å²) in [6, 6.07) is 19.7. The number of aliphatic hydroxyl groups is 1. The third-order valence-corrected chi connectivity index (χ3v) is 5.02. The average Bonchev–Trinajstić information content (AvgIpc) is 3.04. The van der Waals surface area contributed by atoms with E-state index in [1.54, 1.807) is 60.7 Å². The fraction of sp³-hybridized carbons (Fsp3) is 0.0833. The molecule has 1 atom stereocenters. The number of ether oxygens (including phenoxy) is 1. The highest BCUT2D eigenvalue weighted by Crippen LogP contribution is 2.43. The number of carbonyl (C=O) groups is 2. The Morgan fingerprint density at radius 2 is 1.67 bits per heavy atom. The molecular weight excluding hydrogens is 385 g/mol. The summed E-state index contributed by atoms with van der Waals surface area (Å²) in [6.45, 7) is 0. The van der Waals surface area contributed by atoms with Crippen molar-refractivity contribution in [2.24, 2.45) is 0 Å². The Balaban J connectivity index is 1.98. The van der Waals surface area contributed by atoms with Crippen LogP contribution in [0, 0.1) is 5.82 Å². The number of aliphatic hydroxyl groups excluding tert-OH is 1. The fourth-order valence-electron chi connectivity index (χ4n) is 3.60. The summed E-state index contributed by atoms with van der Waals surface area (Å²) >= 11 is 0. The zero-order chi connectivity index (χ0) is 21.3. The summed E-state index contributed by atoms with van der Waals surface area (Å²) in [5.74, 6) is -2.20. The number of amides is 1. The van der Waals surface area contributed by atoms with E-state index in [0.717, 1.165) is 0 Å². The Kier molecular flexibility index (Phi) is 5.06. The molecule has 1 unspecified atom stereocenters. The van der Waals surface area contributed by atoms with Gasteiger partial charge in [-0.25, -0.2) is 4.39 Å². The summed E-state index contributed by atoms with van der Waals surface area (Å²) in [5, 5.41) is 10.9. The number of rotatable bonds is 4. The molecule has 4 rings (SSSR count). The molecule has 1 heterocycles. The second-order valence-electron chi connectivity index (χ2n) is 6.76. The molecule has 30 heavy (non-hydrogen) atoms. The van der Waals surface area contributed by atoms with Crippen LogP contribution in [0.4, 0.5) is 10.1 Å². The standard InChI is InChI=1S/C24H18FNO4/c1-30-17-11-7-10-16(14-17)26-21(18-12-5-6-13-19(18)25)20(23(28)24(26)29)22(27)15-8-3-2-4-9-15/h2-14,21,27H,1H3/b22-20+. The second-order valence-corrected chi connectivity index (χ2v) is 6.76. The van der Waals surface area contributed by atoms with Gasteiger partial charge in [-0.1, -0.05) is 54.6 Å². The average molecular weight is 403 g/mol. The number of ketones is 1. The van der Waals surface area contributed by atoms with Crippen molar-refractivity contribution in [1.82, 2.24) is 0 Å². The molecule has 1 N–H and O–H groups in total. The molecular formula is C24H18FNO4. The van der Waals surface area contributed by atoms with E-state index >= 15 is 0 Å². The predicted molar refractivity (Wildman–Crippen MR) is 111 cm³/mol. The lowest BCUT2D eigenvalue weighted by molar-refractivity contribution is -0.132. The zero-order valence-corrected chi connectivity index (χ0v) is 16.1. The minimum atomic E-state index is -1.13. The van der Waals surface area contributed by atoms with Crippen LogP contribution >= 0.6 is 0 Å². The molecule has 6 heteroatoms. The van der Waals surface area contributed by atoms with E-state index < -0.39 is 23.5 Å². The Morgan fingerprint density at radius 3 is 2.37 bits per heavy atom. The van der Waals surface area contributed by atoms with Crippen LogP contribution in [0.5, 0.6) is 5.75 Å². The molecule has 0 spiro atoms. The quantitative estimate of drug-likeness (QED) is 0.397. The minimum absolute atomic E-state index is 0.108. The van der Waals surface area contributed by atoms with Crippen molar-refractivity contribution in [2.75, 3.05) is 12.0 Å². The third-order valence-electron chi connectivity index (χ3n) is 5.02. The van der Waals surface area contributed by atoms with Crippen molar-refractivity contribution in [3.63, 3.8) is 0 Å². The van der Waals surface area contributed by atoms with Gasteiger partial charge < -0.3 is 9.84 Å². The Bertz CT molecular complexity index is 1160. The molecule has 1 aliphatic rings. The normalized spacial score (nSPS) is 17.9. The molecule has 0 radical (unpaired) electrons. The first-order valence-electron chi connectivity index (χ1n) is 9.28. The van der Waals surface area contributed by atoms with Crippen LogP contribution in [0.2, 0.25) is 0 Å². The summed E-state index contributed by atoms with van der Waals surface area (Å²) in [5.41, 5.74) is 0.662. The van der Waals surface area contributed by atoms with Crippen LogP contribution in [0.1, 0.15) is 17.2 Å². The Hall–Kier alpha value is -3.93. The number of hydrogen-bond donors (Lipinski definition) is 1. The van der Waals surface area contributed by atoms with Crippen molar-refractivity contribution in [1.29, 1.82) is 0 Å². The van der Waals surface area contributed by atoms with E-state index in [1.807, 2.05) is 0 Å². The minimum Gasteiger partial charge on any atom is -0.507 e. The van der Waals surface area contributed by atoms with E-state index in [2.05, 4.69) is 0 Å². The zero-order valence-electron chi connectivity index (χ0n) is 16.1. The molecule has 3 aromatic carbocycles. The summed E-state index contributed by atoms with van der Waals surface area (Å²) in [4.78, 5) is 27.2. The fourth-order valence-corrected chi connectivity index (χ4v) is 3.60. The number of nitrogens with zero attached hydrogens (tertiary/aromatic N) is 1. The van der Waals surface area contributed by atoms with Crippen LogP contribution in [0.3, 0.4) is 0 Å². The maximum atomic E-state index is 14.8. The van der Waals surface area contributed by atoms with Gasteiger partial charge in [0.25, 0.3) is 11.7 Å². The van der Waals surface area contributed by atoms with Crippen LogP contribution in [0.15, 0.2) is 84.4 Å². The van der Waals surface area contributed by atoms with E-state index in [1.165, 1.54) is 30.2 Å². The number of Topliss-reactive ketones (excluding diaryl/α,β-unsaturated/α-hetero) is 1. The van der Waals surface area contributed by atoms with Gasteiger partial charge in [0.05, 0.1) is 18.7 Å². The predicted octanol–water partition coefficient (Wildman–Crippen LogP) is 4.46. The van der Waals surface area contributed by atoms with E-state index in [0.29, 0.717) is 17.0 Å². The van der Waals surface area contributed by atoms with Crippen molar-refractivity contribution >= 4 is 23.1 Å². The molecule has 1 aliphatic heterocycles. The molecule has 0 aromatic heterocycles. The first kappa shape index (κ1) is 19.4. The molecule has 150 valence electrons. The smallest absolute Gasteiger partial charge is 0.300 e. The molecule has 0 saturated carbocycles. The molecule has 0 aliphatic carbocycles. The highest BCUT2D eigenvalue weighted by atomic mass is 19.1. The topological polar surface area (TPSA) is 66.8 Å². The lowest BCUT2D eigenvalue weighted by Gasteiger charge is -2.26. The van der Waals surface area contributed by atoms with Crippen molar-refractivity contribution in [2.45, 2.75) is 6.04 Å². The van der Waals surface area contributed by atoms with Crippen LogP contribution in [-0.4, -0.2) is 23.9 Å². The highest BCUT2D eigenvalue weighted by Gasteiger charge is 2.47. The first-order chi connectivity index (χ1) is 14.5. The number of carbonyl (C=O) groups excluding carboxylic acids is 2. The third kappa shape index (κ3) is 3.22. The highest BCUT2D eigenvalue weighted by molar-refractivity contribution is 6.51. The van der Waals surface area contributed by atoms with Gasteiger partial charge in [0.15, 0.2) is 0 Å². The maximum Gasteiger partial charge on any atom is 0.300 e. The van der Waals surface area contributed by atoms with E-state index in [4.69, 9.17) is 4.74 Å². The monoisotopic (exact) mass is 403 g/mol. The van der Waals surface area contributed by atoms with Gasteiger partial charge in [0.1, 0.15) is 17.3 Å². The molecule has 5 nitrogen and oxygen atoms in total. The first-order valence-corrected chi connectivity index (χ1v) is 9.28. The molecule has 1 saturated heterocycles. The van der Waals surface area contributed by atoms with E-state index in [-0.39, 0.29) is 16.9 Å². The number of hydrogen-bond acceptors (Lipinski definition) is 4. The molecule has 3 aromatic rings. The molecule has 1 amide bonds. The lowest BCUT2D eigenvalue weighted by atomic mass is 9.94. The van der Waals surface area contributed by atoms with Gasteiger partial charge in [-0.15, -0.1) is 0 Å². The number of anilines is 1. The number of benzene rings is 3. The van der Waals surface area contributed by atoms with Gasteiger partial charge in [-0.3, -0.25) is 14.5 Å². The van der Waals surface area contributed by atoms with Gasteiger partial charge >= 0.3 is 0 Å². The largest absolute Gasteiger partial charge is 0.507 e. The van der Waals surface area contributed by atoms with Gasteiger partial charge in [0, 0.05) is 22.9 Å². The number of methoxy groups -OCH3 is 1. The van der Waals surface area contributed by atoms with Crippen molar-refractivity contribution in [3.8, 4) is 5.75 Å². The van der Waals surface area contributed by atoms with Gasteiger partial charge in [-0.05, 0) is 18.2 Å². The van der Waals surface area contributed by atoms with Crippen LogP contribution in [0.25, 0.3) is 5.76 Å². The van der Waals surface area contributed by atoms with Crippen molar-refractivity contribution < 1.29 is 23.8 Å². The van der Waals surface area contributed by atoms with Gasteiger partial charge in [0.2, 0.25) is 0 Å². The summed E-state index contributed by atoms with van der Waals surface area (Å²) in [6.07, 6.45) is 0. The van der Waals surface area contributed by atoms with Crippen LogP contribution in [-0.2, 0) is 9.59 Å². The number of halogens is 1. The lowest BCUT2D eigenvalue weighted by Crippen LogP contribution is -2.29.